The van der Waals surface area contributed by atoms with E-state index in [1.54, 1.807) is 4.90 Å². The fourth-order valence-electron chi connectivity index (χ4n) is 4.50. The van der Waals surface area contributed by atoms with Crippen molar-refractivity contribution in [1.82, 2.24) is 20.0 Å². The van der Waals surface area contributed by atoms with Gasteiger partial charge in [-0.25, -0.2) is 9.48 Å². The molecule has 1 aliphatic carbocycles. The number of carbonyl (C=O) groups is 2. The van der Waals surface area contributed by atoms with Crippen LogP contribution in [0.2, 0.25) is 0 Å². The van der Waals surface area contributed by atoms with Crippen molar-refractivity contribution in [3.8, 4) is 5.69 Å². The molecule has 7 nitrogen and oxygen atoms in total. The molecule has 3 heterocycles. The molecular weight excluding hydrogens is 380 g/mol. The molecule has 0 saturated heterocycles. The Morgan fingerprint density at radius 1 is 1.20 bits per heavy atom. The highest BCUT2D eigenvalue weighted by Gasteiger charge is 2.40. The van der Waals surface area contributed by atoms with Crippen molar-refractivity contribution in [3.63, 3.8) is 0 Å². The highest BCUT2D eigenvalue weighted by atomic mass is 16.6. The Hall–Kier alpha value is -2.83. The smallest absolute Gasteiger partial charge is 0.410 e. The largest absolute Gasteiger partial charge is 0.444 e. The summed E-state index contributed by atoms with van der Waals surface area (Å²) in [5.41, 5.74) is 4.66. The van der Waals surface area contributed by atoms with Crippen LogP contribution in [0.4, 0.5) is 4.79 Å². The van der Waals surface area contributed by atoms with Crippen molar-refractivity contribution >= 4 is 12.0 Å². The number of carbonyl (C=O) groups excluding carboxylic acids is 2. The van der Waals surface area contributed by atoms with E-state index in [9.17, 15) is 9.59 Å². The van der Waals surface area contributed by atoms with Crippen molar-refractivity contribution in [2.24, 2.45) is 0 Å². The van der Waals surface area contributed by atoms with E-state index in [1.165, 1.54) is 18.4 Å². The van der Waals surface area contributed by atoms with Gasteiger partial charge in [0.2, 0.25) is 5.91 Å². The number of rotatable bonds is 2. The van der Waals surface area contributed by atoms with Gasteiger partial charge in [0, 0.05) is 25.1 Å². The Morgan fingerprint density at radius 2 is 1.93 bits per heavy atom. The second-order valence-electron chi connectivity index (χ2n) is 9.51. The average Bonchev–Trinajstić information content (AvgIpc) is 3.49. The summed E-state index contributed by atoms with van der Waals surface area (Å²) in [6.07, 6.45) is 3.11. The minimum atomic E-state index is -0.568. The molecule has 1 aromatic carbocycles. The number of hydrogen-bond donors (Lipinski definition) is 1. The highest BCUT2D eigenvalue weighted by molar-refractivity contribution is 5.80. The summed E-state index contributed by atoms with van der Waals surface area (Å²) in [5.74, 6) is 0.646. The van der Waals surface area contributed by atoms with Crippen molar-refractivity contribution < 1.29 is 14.3 Å². The molecule has 3 aliphatic rings. The Balaban J connectivity index is 1.52. The lowest BCUT2D eigenvalue weighted by Gasteiger charge is -2.36. The maximum Gasteiger partial charge on any atom is 0.410 e. The lowest BCUT2D eigenvalue weighted by atomic mass is 9.96. The normalized spacial score (nSPS) is 21.0. The second-order valence-corrected chi connectivity index (χ2v) is 9.51. The molecule has 1 N–H and O–H groups in total. The quantitative estimate of drug-likeness (QED) is 0.828. The number of amides is 2. The van der Waals surface area contributed by atoms with Gasteiger partial charge in [0.15, 0.2) is 0 Å². The molecule has 2 amide bonds. The van der Waals surface area contributed by atoms with Crippen LogP contribution in [0, 0.1) is 0 Å². The summed E-state index contributed by atoms with van der Waals surface area (Å²) >= 11 is 0. The molecule has 7 heteroatoms. The molecule has 0 bridgehead atoms. The third-order valence-electron chi connectivity index (χ3n) is 6.03. The Morgan fingerprint density at radius 3 is 2.60 bits per heavy atom. The summed E-state index contributed by atoms with van der Waals surface area (Å²) in [4.78, 5) is 26.9. The van der Waals surface area contributed by atoms with E-state index < -0.39 is 5.60 Å². The molecular formula is C23H28N4O3. The monoisotopic (exact) mass is 408 g/mol. The van der Waals surface area contributed by atoms with E-state index in [1.807, 2.05) is 25.5 Å². The van der Waals surface area contributed by atoms with Crippen molar-refractivity contribution in [3.05, 3.63) is 46.8 Å². The maximum absolute atomic E-state index is 12.9. The zero-order valence-electron chi connectivity index (χ0n) is 17.8. The van der Waals surface area contributed by atoms with Crippen molar-refractivity contribution in [2.75, 3.05) is 13.1 Å². The minimum absolute atomic E-state index is 0.0647. The molecule has 0 radical (unpaired) electrons. The third kappa shape index (κ3) is 3.46. The summed E-state index contributed by atoms with van der Waals surface area (Å²) in [6, 6.07) is 8.35. The standard InChI is InChI=1S/C23H28N4O3/c1-23(2,3)30-22(29)26-11-10-18-21-17(12-20(28)24-13-19(21)26)25-27(18)16-8-6-15(7-9-16)14-4-5-14/h6-9,14,19H,4-5,10-13H2,1-3H3,(H,24,28). The van der Waals surface area contributed by atoms with Crippen LogP contribution < -0.4 is 5.32 Å². The van der Waals surface area contributed by atoms with Crippen LogP contribution in [0.25, 0.3) is 5.69 Å². The van der Waals surface area contributed by atoms with Gasteiger partial charge in [-0.05, 0) is 57.2 Å². The molecule has 1 fully saturated rings. The van der Waals surface area contributed by atoms with Gasteiger partial charge in [-0.3, -0.25) is 9.69 Å². The number of nitrogens with one attached hydrogen (secondary N) is 1. The summed E-state index contributed by atoms with van der Waals surface area (Å²) in [7, 11) is 0. The molecule has 1 aromatic heterocycles. The van der Waals surface area contributed by atoms with E-state index in [4.69, 9.17) is 9.84 Å². The second kappa shape index (κ2) is 6.86. The lowest BCUT2D eigenvalue weighted by Crippen LogP contribution is -2.46. The molecule has 1 unspecified atom stereocenters. The van der Waals surface area contributed by atoms with Gasteiger partial charge in [-0.15, -0.1) is 0 Å². The first kappa shape index (κ1) is 19.2. The number of benzene rings is 1. The lowest BCUT2D eigenvalue weighted by molar-refractivity contribution is -0.120. The van der Waals surface area contributed by atoms with E-state index in [0.717, 1.165) is 22.6 Å². The first-order valence-electron chi connectivity index (χ1n) is 10.8. The van der Waals surface area contributed by atoms with Crippen LogP contribution in [0.5, 0.6) is 0 Å². The first-order chi connectivity index (χ1) is 14.3. The predicted molar refractivity (Wildman–Crippen MR) is 112 cm³/mol. The van der Waals surface area contributed by atoms with Gasteiger partial charge in [-0.2, -0.15) is 5.10 Å². The van der Waals surface area contributed by atoms with Crippen molar-refractivity contribution in [1.29, 1.82) is 0 Å². The summed E-state index contributed by atoms with van der Waals surface area (Å²) < 4.78 is 7.61. The van der Waals surface area contributed by atoms with Gasteiger partial charge < -0.3 is 10.1 Å². The van der Waals surface area contributed by atoms with Gasteiger partial charge in [-0.1, -0.05) is 12.1 Å². The summed E-state index contributed by atoms with van der Waals surface area (Å²) in [5, 5.41) is 7.76. The fourth-order valence-corrected chi connectivity index (χ4v) is 4.50. The SMILES string of the molecule is CC(C)(C)OC(=O)N1CCc2c3c(nn2-c2ccc(C4CC4)cc2)CC(=O)NCC31. The third-order valence-corrected chi connectivity index (χ3v) is 6.03. The molecule has 2 aromatic rings. The van der Waals surface area contributed by atoms with Crippen LogP contribution in [0.3, 0.4) is 0 Å². The highest BCUT2D eigenvalue weighted by Crippen LogP contribution is 2.40. The number of hydrogen-bond acceptors (Lipinski definition) is 4. The van der Waals surface area contributed by atoms with Crippen LogP contribution >= 0.6 is 0 Å². The molecule has 5 rings (SSSR count). The molecule has 2 aliphatic heterocycles. The predicted octanol–water partition coefficient (Wildman–Crippen LogP) is 3.26. The van der Waals surface area contributed by atoms with E-state index >= 15 is 0 Å². The van der Waals surface area contributed by atoms with Crippen molar-refractivity contribution in [2.45, 2.75) is 64.0 Å². The number of nitrogens with zero attached hydrogens (tertiary/aromatic N) is 3. The Bertz CT molecular complexity index is 999. The van der Waals surface area contributed by atoms with Crippen LogP contribution in [-0.4, -0.2) is 45.4 Å². The molecule has 1 atom stereocenters. The first-order valence-corrected chi connectivity index (χ1v) is 10.8. The topological polar surface area (TPSA) is 76.5 Å². The molecule has 158 valence electrons. The van der Waals surface area contributed by atoms with E-state index in [0.29, 0.717) is 25.4 Å². The number of aromatic nitrogens is 2. The fraction of sp³-hybridized carbons (Fsp3) is 0.522. The van der Waals surface area contributed by atoms with Gasteiger partial charge in [0.1, 0.15) is 5.60 Å². The number of ether oxygens (including phenoxy) is 1. The van der Waals surface area contributed by atoms with Gasteiger partial charge >= 0.3 is 6.09 Å². The van der Waals surface area contributed by atoms with Gasteiger partial charge in [0.05, 0.1) is 29.5 Å². The van der Waals surface area contributed by atoms with E-state index in [2.05, 4.69) is 29.6 Å². The van der Waals surface area contributed by atoms with Crippen LogP contribution in [-0.2, 0) is 22.4 Å². The van der Waals surface area contributed by atoms with Crippen LogP contribution in [0.1, 0.15) is 68.1 Å². The maximum atomic E-state index is 12.9. The zero-order chi connectivity index (χ0) is 21.0. The molecule has 0 spiro atoms. The average molecular weight is 409 g/mol. The summed E-state index contributed by atoms with van der Waals surface area (Å²) in [6.45, 7) is 6.51. The van der Waals surface area contributed by atoms with Crippen LogP contribution in [0.15, 0.2) is 24.3 Å². The Labute approximate surface area is 176 Å². The zero-order valence-corrected chi connectivity index (χ0v) is 17.8. The van der Waals surface area contributed by atoms with E-state index in [-0.39, 0.29) is 24.5 Å². The molecule has 1 saturated carbocycles. The minimum Gasteiger partial charge on any atom is -0.444 e. The molecule has 30 heavy (non-hydrogen) atoms. The Kier molecular flexibility index (Phi) is 4.38. The van der Waals surface area contributed by atoms with Gasteiger partial charge in [0.25, 0.3) is 0 Å².